The van der Waals surface area contributed by atoms with Crippen LogP contribution in [0.25, 0.3) is 0 Å². The molecule has 2 unspecified atom stereocenters. The average Bonchev–Trinajstić information content (AvgIpc) is 3.29. The number of primary amides is 1. The second kappa shape index (κ2) is 9.89. The largest absolute Gasteiger partial charge is 0.365 e. The molecule has 2 saturated heterocycles. The number of carbonyl (C=O) groups is 3. The Bertz CT molecular complexity index is 867. The average molecular weight is 462 g/mol. The first-order valence-corrected chi connectivity index (χ1v) is 12.6. The second-order valence-corrected chi connectivity index (χ2v) is 10.9. The number of likely N-dealkylation sites (tertiary alicyclic amines) is 1. The molecular weight excluding hydrogens is 426 g/mol. The van der Waals surface area contributed by atoms with Crippen molar-refractivity contribution < 1.29 is 14.4 Å². The van der Waals surface area contributed by atoms with E-state index in [1.54, 1.807) is 0 Å². The molecule has 1 aliphatic carbocycles. The van der Waals surface area contributed by atoms with Gasteiger partial charge < -0.3 is 16.0 Å². The molecule has 32 heavy (non-hydrogen) atoms. The number of rotatable bonds is 6. The number of piperidine rings is 1. The Morgan fingerprint density at radius 1 is 1.00 bits per heavy atom. The van der Waals surface area contributed by atoms with Crippen molar-refractivity contribution in [2.75, 3.05) is 57.7 Å². The van der Waals surface area contributed by atoms with Crippen LogP contribution in [0.3, 0.4) is 0 Å². The fourth-order valence-electron chi connectivity index (χ4n) is 5.39. The van der Waals surface area contributed by atoms with E-state index >= 15 is 0 Å². The van der Waals surface area contributed by atoms with Crippen LogP contribution >= 0.6 is 11.3 Å². The van der Waals surface area contributed by atoms with Gasteiger partial charge in [-0.15, -0.1) is 11.3 Å². The molecule has 0 saturated carbocycles. The van der Waals surface area contributed by atoms with Gasteiger partial charge in [-0.05, 0) is 43.1 Å². The number of carbonyl (C=O) groups excluding carboxylic acids is 3. The highest BCUT2D eigenvalue weighted by molar-refractivity contribution is 7.17. The fourth-order valence-corrected chi connectivity index (χ4v) is 6.70. The van der Waals surface area contributed by atoms with Crippen molar-refractivity contribution in [2.45, 2.75) is 39.5 Å². The predicted molar refractivity (Wildman–Crippen MR) is 126 cm³/mol. The highest BCUT2D eigenvalue weighted by atomic mass is 32.1. The lowest BCUT2D eigenvalue weighted by Crippen LogP contribution is -2.52. The van der Waals surface area contributed by atoms with Gasteiger partial charge in [-0.2, -0.15) is 0 Å². The molecule has 9 heteroatoms. The molecule has 3 aliphatic rings. The van der Waals surface area contributed by atoms with Crippen LogP contribution < -0.4 is 11.1 Å². The summed E-state index contributed by atoms with van der Waals surface area (Å²) in [7, 11) is 0. The number of hydrogen-bond donors (Lipinski definition) is 2. The van der Waals surface area contributed by atoms with Gasteiger partial charge in [-0.25, -0.2) is 0 Å². The van der Waals surface area contributed by atoms with Crippen LogP contribution in [0.15, 0.2) is 0 Å². The van der Waals surface area contributed by atoms with E-state index in [1.165, 1.54) is 22.6 Å². The molecule has 2 aliphatic heterocycles. The zero-order valence-corrected chi connectivity index (χ0v) is 20.0. The van der Waals surface area contributed by atoms with Crippen molar-refractivity contribution in [3.8, 4) is 0 Å². The number of thiophene rings is 1. The van der Waals surface area contributed by atoms with Gasteiger partial charge in [0.05, 0.1) is 18.7 Å². The van der Waals surface area contributed by atoms with E-state index in [0.29, 0.717) is 28.9 Å². The van der Waals surface area contributed by atoms with Crippen LogP contribution in [0.2, 0.25) is 0 Å². The van der Waals surface area contributed by atoms with E-state index in [1.807, 2.05) is 4.90 Å². The van der Waals surface area contributed by atoms with Crippen molar-refractivity contribution in [3.05, 3.63) is 16.0 Å². The highest BCUT2D eigenvalue weighted by Gasteiger charge is 2.29. The molecule has 1 aromatic heterocycles. The third-order valence-electron chi connectivity index (χ3n) is 6.83. The standard InChI is InChI=1S/C23H35N5O3S/c1-15-10-16(2)12-28(11-15)20(30)14-27-8-6-26(7-9-27)13-19(29)25-23-21(22(24)31)17-4-3-5-18(17)32-23/h15-16H,3-14H2,1-2H3,(H2,24,31)(H,25,29). The first-order valence-electron chi connectivity index (χ1n) is 11.8. The lowest BCUT2D eigenvalue weighted by atomic mass is 9.92. The summed E-state index contributed by atoms with van der Waals surface area (Å²) >= 11 is 1.49. The zero-order valence-electron chi connectivity index (χ0n) is 19.2. The molecule has 3 amide bonds. The lowest BCUT2D eigenvalue weighted by molar-refractivity contribution is -0.135. The number of anilines is 1. The topological polar surface area (TPSA) is 99.0 Å². The Morgan fingerprint density at radius 2 is 1.62 bits per heavy atom. The fraction of sp³-hybridized carbons (Fsp3) is 0.696. The maximum atomic E-state index is 12.7. The van der Waals surface area contributed by atoms with Crippen molar-refractivity contribution in [1.82, 2.24) is 14.7 Å². The highest BCUT2D eigenvalue weighted by Crippen LogP contribution is 2.38. The second-order valence-electron chi connectivity index (χ2n) is 9.77. The first-order chi connectivity index (χ1) is 15.3. The smallest absolute Gasteiger partial charge is 0.251 e. The van der Waals surface area contributed by atoms with E-state index in [-0.39, 0.29) is 18.4 Å². The quantitative estimate of drug-likeness (QED) is 0.667. The summed E-state index contributed by atoms with van der Waals surface area (Å²) in [6, 6.07) is 0. The molecule has 1 aromatic rings. The van der Waals surface area contributed by atoms with Crippen molar-refractivity contribution in [3.63, 3.8) is 0 Å². The number of nitrogens with zero attached hydrogens (tertiary/aromatic N) is 3. The Hall–Kier alpha value is -1.97. The number of amides is 3. The number of nitrogens with one attached hydrogen (secondary N) is 1. The van der Waals surface area contributed by atoms with Crippen molar-refractivity contribution >= 4 is 34.1 Å². The normalized spacial score (nSPS) is 24.4. The molecule has 2 atom stereocenters. The molecular formula is C23H35N5O3S. The van der Waals surface area contributed by atoms with Crippen molar-refractivity contribution in [1.29, 1.82) is 0 Å². The van der Waals surface area contributed by atoms with Gasteiger partial charge in [-0.1, -0.05) is 13.8 Å². The van der Waals surface area contributed by atoms with Gasteiger partial charge in [0.15, 0.2) is 0 Å². The van der Waals surface area contributed by atoms with Crippen LogP contribution in [-0.4, -0.2) is 84.8 Å². The zero-order chi connectivity index (χ0) is 22.8. The molecule has 3 N–H and O–H groups in total. The van der Waals surface area contributed by atoms with Gasteiger partial charge in [0.1, 0.15) is 5.00 Å². The Kier molecular flexibility index (Phi) is 7.17. The maximum Gasteiger partial charge on any atom is 0.251 e. The van der Waals surface area contributed by atoms with Crippen LogP contribution in [0.1, 0.15) is 47.5 Å². The third kappa shape index (κ3) is 5.32. The molecule has 0 aromatic carbocycles. The molecule has 2 fully saturated rings. The van der Waals surface area contributed by atoms with Gasteiger partial charge in [-0.3, -0.25) is 24.2 Å². The van der Waals surface area contributed by atoms with Gasteiger partial charge >= 0.3 is 0 Å². The summed E-state index contributed by atoms with van der Waals surface area (Å²) < 4.78 is 0. The monoisotopic (exact) mass is 461 g/mol. The van der Waals surface area contributed by atoms with Crippen LogP contribution in [0.5, 0.6) is 0 Å². The Labute approximate surface area is 194 Å². The summed E-state index contributed by atoms with van der Waals surface area (Å²) in [6.07, 6.45) is 4.04. The van der Waals surface area contributed by atoms with E-state index in [2.05, 4.69) is 29.0 Å². The Balaban J connectivity index is 1.24. The molecule has 176 valence electrons. The molecule has 0 radical (unpaired) electrons. The number of piperazine rings is 1. The van der Waals surface area contributed by atoms with Crippen molar-refractivity contribution in [2.24, 2.45) is 17.6 Å². The van der Waals surface area contributed by atoms with Gasteiger partial charge in [0.25, 0.3) is 5.91 Å². The molecule has 0 bridgehead atoms. The summed E-state index contributed by atoms with van der Waals surface area (Å²) in [6.45, 7) is 9.95. The van der Waals surface area contributed by atoms with Crippen LogP contribution in [0, 0.1) is 11.8 Å². The minimum absolute atomic E-state index is 0.117. The van der Waals surface area contributed by atoms with Crippen LogP contribution in [0.4, 0.5) is 5.00 Å². The number of fused-ring (bicyclic) bond motifs is 1. The van der Waals surface area contributed by atoms with E-state index in [0.717, 1.165) is 64.1 Å². The SMILES string of the molecule is CC1CC(C)CN(C(=O)CN2CCN(CC(=O)Nc3sc4c(c3C(N)=O)CCC4)CC2)C1. The maximum absolute atomic E-state index is 12.7. The predicted octanol–water partition coefficient (Wildman–Crippen LogP) is 1.40. The minimum atomic E-state index is -0.463. The van der Waals surface area contributed by atoms with E-state index < -0.39 is 5.91 Å². The molecule has 8 nitrogen and oxygen atoms in total. The van der Waals surface area contributed by atoms with E-state index in [9.17, 15) is 14.4 Å². The van der Waals surface area contributed by atoms with E-state index in [4.69, 9.17) is 5.73 Å². The first kappa shape index (κ1) is 23.2. The van der Waals surface area contributed by atoms with Gasteiger partial charge in [0, 0.05) is 44.1 Å². The third-order valence-corrected chi connectivity index (χ3v) is 8.04. The molecule has 3 heterocycles. The number of nitrogens with two attached hydrogens (primary N) is 1. The molecule has 0 spiro atoms. The molecule has 4 rings (SSSR count). The minimum Gasteiger partial charge on any atom is -0.365 e. The summed E-state index contributed by atoms with van der Waals surface area (Å²) in [4.78, 5) is 44.8. The summed E-state index contributed by atoms with van der Waals surface area (Å²) in [5.74, 6) is 0.776. The van der Waals surface area contributed by atoms with Gasteiger partial charge in [0.2, 0.25) is 11.8 Å². The Morgan fingerprint density at radius 3 is 2.25 bits per heavy atom. The lowest BCUT2D eigenvalue weighted by Gasteiger charge is -2.38. The summed E-state index contributed by atoms with van der Waals surface area (Å²) in [5, 5.41) is 3.52. The number of aryl methyl sites for hydroxylation is 1. The number of hydrogen-bond acceptors (Lipinski definition) is 6. The summed E-state index contributed by atoms with van der Waals surface area (Å²) in [5.41, 5.74) is 7.11. The van der Waals surface area contributed by atoms with Crippen LogP contribution in [-0.2, 0) is 22.4 Å².